The van der Waals surface area contributed by atoms with Gasteiger partial charge in [-0.25, -0.2) is 4.98 Å². The van der Waals surface area contributed by atoms with E-state index < -0.39 is 24.5 Å². The summed E-state index contributed by atoms with van der Waals surface area (Å²) >= 11 is 12.2. The number of rotatable bonds is 3. The van der Waals surface area contributed by atoms with Crippen LogP contribution in [0.4, 0.5) is 5.95 Å². The van der Waals surface area contributed by atoms with Crippen molar-refractivity contribution in [3.05, 3.63) is 22.2 Å². The molecule has 1 aliphatic heterocycles. The van der Waals surface area contributed by atoms with Gasteiger partial charge in [0.2, 0.25) is 5.95 Å². The van der Waals surface area contributed by atoms with Gasteiger partial charge in [0.1, 0.15) is 18.3 Å². The molecular formula is C15H19Cl2N3O4. The summed E-state index contributed by atoms with van der Waals surface area (Å²) in [5.74, 6) is 0.450. The third kappa shape index (κ3) is 3.08. The smallest absolute Gasteiger partial charge is 0.206 e. The highest BCUT2D eigenvalue weighted by atomic mass is 35.5. The van der Waals surface area contributed by atoms with E-state index >= 15 is 0 Å². The maximum Gasteiger partial charge on any atom is 0.206 e. The van der Waals surface area contributed by atoms with Gasteiger partial charge in [-0.1, -0.05) is 23.2 Å². The number of ether oxygens (including phenoxy) is 1. The van der Waals surface area contributed by atoms with Gasteiger partial charge in [-0.15, -0.1) is 0 Å². The Kier molecular flexibility index (Phi) is 4.92. The Morgan fingerprint density at radius 1 is 1.21 bits per heavy atom. The fraction of sp³-hybridized carbons (Fsp3) is 0.533. The molecule has 24 heavy (non-hydrogen) atoms. The van der Waals surface area contributed by atoms with Crippen molar-refractivity contribution in [2.45, 2.75) is 44.4 Å². The fourth-order valence-electron chi connectivity index (χ4n) is 2.73. The summed E-state index contributed by atoms with van der Waals surface area (Å²) < 4.78 is 7.19. The highest BCUT2D eigenvalue weighted by Gasteiger charge is 2.40. The molecule has 9 heteroatoms. The Balaban J connectivity index is 2.15. The largest absolute Gasteiger partial charge is 0.388 e. The summed E-state index contributed by atoms with van der Waals surface area (Å²) in [6.45, 7) is 3.78. The van der Waals surface area contributed by atoms with Crippen molar-refractivity contribution in [1.29, 1.82) is 0 Å². The number of nitrogens with one attached hydrogen (secondary N) is 1. The molecule has 2 aromatic rings. The number of anilines is 1. The molecule has 1 fully saturated rings. The predicted octanol–water partition coefficient (Wildman–Crippen LogP) is 1.77. The first-order valence-corrected chi connectivity index (χ1v) is 8.34. The maximum absolute atomic E-state index is 10.4. The van der Waals surface area contributed by atoms with Crippen LogP contribution in [0.5, 0.6) is 0 Å². The molecule has 3 rings (SSSR count). The van der Waals surface area contributed by atoms with Crippen LogP contribution >= 0.6 is 23.2 Å². The van der Waals surface area contributed by atoms with Crippen LogP contribution in [-0.4, -0.2) is 55.8 Å². The van der Waals surface area contributed by atoms with Crippen LogP contribution in [0.2, 0.25) is 10.0 Å². The molecular weight excluding hydrogens is 357 g/mol. The van der Waals surface area contributed by atoms with Gasteiger partial charge in [-0.05, 0) is 26.0 Å². The topological polar surface area (TPSA) is 99.8 Å². The molecule has 0 spiro atoms. The van der Waals surface area contributed by atoms with Crippen LogP contribution in [0, 0.1) is 0 Å². The van der Waals surface area contributed by atoms with E-state index in [2.05, 4.69) is 10.3 Å². The molecule has 4 atom stereocenters. The standard InChI is InChI=1S/C15H19Cl2N3O4/c1-6(2)18-15-19-9-3-7(16)8(17)4-10(9)20(15)14-13(23)12(22)11(21)5-24-14/h3-4,6,11-14,21-23H,5H2,1-2H3,(H,18,19)/t11-,12+,13-,14+/m1/s1. The second-order valence-corrected chi connectivity index (χ2v) is 6.95. The second kappa shape index (κ2) is 6.67. The van der Waals surface area contributed by atoms with E-state index in [1.54, 1.807) is 16.7 Å². The lowest BCUT2D eigenvalue weighted by Crippen LogP contribution is -2.50. The van der Waals surface area contributed by atoms with Crippen molar-refractivity contribution in [3.63, 3.8) is 0 Å². The predicted molar refractivity (Wildman–Crippen MR) is 91.5 cm³/mol. The Morgan fingerprint density at radius 2 is 1.88 bits per heavy atom. The van der Waals surface area contributed by atoms with Gasteiger partial charge in [0, 0.05) is 6.04 Å². The lowest BCUT2D eigenvalue weighted by molar-refractivity contribution is -0.209. The van der Waals surface area contributed by atoms with E-state index in [-0.39, 0.29) is 12.6 Å². The van der Waals surface area contributed by atoms with E-state index in [0.717, 1.165) is 0 Å². The van der Waals surface area contributed by atoms with Gasteiger partial charge < -0.3 is 25.4 Å². The minimum atomic E-state index is -1.33. The molecule has 1 aromatic heterocycles. The number of aromatic nitrogens is 2. The molecule has 1 saturated heterocycles. The molecule has 1 aromatic carbocycles. The van der Waals surface area contributed by atoms with Crippen molar-refractivity contribution < 1.29 is 20.1 Å². The molecule has 0 bridgehead atoms. The third-order valence-corrected chi connectivity index (χ3v) is 4.60. The van der Waals surface area contributed by atoms with Gasteiger partial charge >= 0.3 is 0 Å². The third-order valence-electron chi connectivity index (χ3n) is 3.88. The maximum atomic E-state index is 10.4. The average Bonchev–Trinajstić information content (AvgIpc) is 2.82. The van der Waals surface area contributed by atoms with E-state index in [1.165, 1.54) is 0 Å². The van der Waals surface area contributed by atoms with Crippen molar-refractivity contribution in [3.8, 4) is 0 Å². The lowest BCUT2D eigenvalue weighted by atomic mass is 10.0. The van der Waals surface area contributed by atoms with Crippen molar-refractivity contribution >= 4 is 40.2 Å². The van der Waals surface area contributed by atoms with Gasteiger partial charge in [0.15, 0.2) is 6.23 Å². The summed E-state index contributed by atoms with van der Waals surface area (Å²) in [7, 11) is 0. The first-order valence-electron chi connectivity index (χ1n) is 7.59. The molecule has 0 aliphatic carbocycles. The SMILES string of the molecule is CC(C)Nc1nc2cc(Cl)c(Cl)cc2n1[C@H]1OC[C@@H](O)[C@H](O)[C@H]1O. The quantitative estimate of drug-likeness (QED) is 0.652. The number of hydrogen-bond acceptors (Lipinski definition) is 6. The van der Waals surface area contributed by atoms with Crippen LogP contribution in [-0.2, 0) is 4.74 Å². The number of aliphatic hydroxyl groups excluding tert-OH is 3. The zero-order valence-electron chi connectivity index (χ0n) is 13.1. The van der Waals surface area contributed by atoms with Crippen LogP contribution < -0.4 is 5.32 Å². The number of nitrogens with zero attached hydrogens (tertiary/aromatic N) is 2. The van der Waals surface area contributed by atoms with Crippen LogP contribution in [0.3, 0.4) is 0 Å². The molecule has 1 aliphatic rings. The minimum Gasteiger partial charge on any atom is -0.388 e. The van der Waals surface area contributed by atoms with E-state index in [1.807, 2.05) is 13.8 Å². The summed E-state index contributed by atoms with van der Waals surface area (Å²) in [5, 5.41) is 33.9. The van der Waals surface area contributed by atoms with Crippen molar-refractivity contribution in [1.82, 2.24) is 9.55 Å². The zero-order valence-corrected chi connectivity index (χ0v) is 14.7. The number of fused-ring (bicyclic) bond motifs is 1. The zero-order chi connectivity index (χ0) is 17.6. The molecule has 0 saturated carbocycles. The minimum absolute atomic E-state index is 0.0720. The fourth-order valence-corrected chi connectivity index (χ4v) is 3.04. The highest BCUT2D eigenvalue weighted by molar-refractivity contribution is 6.42. The number of benzene rings is 1. The van der Waals surface area contributed by atoms with Crippen LogP contribution in [0.1, 0.15) is 20.1 Å². The van der Waals surface area contributed by atoms with E-state index in [0.29, 0.717) is 27.0 Å². The summed E-state index contributed by atoms with van der Waals surface area (Å²) in [6.07, 6.45) is -4.72. The van der Waals surface area contributed by atoms with Crippen molar-refractivity contribution in [2.24, 2.45) is 0 Å². The van der Waals surface area contributed by atoms with Crippen molar-refractivity contribution in [2.75, 3.05) is 11.9 Å². The molecule has 2 heterocycles. The molecule has 7 nitrogen and oxygen atoms in total. The average molecular weight is 376 g/mol. The van der Waals surface area contributed by atoms with E-state index in [4.69, 9.17) is 27.9 Å². The first kappa shape index (κ1) is 17.7. The number of aliphatic hydroxyl groups is 3. The molecule has 0 amide bonds. The van der Waals surface area contributed by atoms with Gasteiger partial charge in [-0.3, -0.25) is 4.57 Å². The normalized spacial score (nSPS) is 27.8. The summed E-state index contributed by atoms with van der Waals surface area (Å²) in [4.78, 5) is 4.48. The van der Waals surface area contributed by atoms with E-state index in [9.17, 15) is 15.3 Å². The van der Waals surface area contributed by atoms with Crippen LogP contribution in [0.25, 0.3) is 11.0 Å². The first-order chi connectivity index (χ1) is 11.3. The lowest BCUT2D eigenvalue weighted by Gasteiger charge is -2.36. The summed E-state index contributed by atoms with van der Waals surface area (Å²) in [5.41, 5.74) is 1.17. The Hall–Kier alpha value is -1.09. The van der Waals surface area contributed by atoms with Gasteiger partial charge in [-0.2, -0.15) is 0 Å². The number of hydrogen-bond donors (Lipinski definition) is 4. The van der Waals surface area contributed by atoms with Gasteiger partial charge in [0.05, 0.1) is 27.7 Å². The Morgan fingerprint density at radius 3 is 2.54 bits per heavy atom. The summed E-state index contributed by atoms with van der Waals surface area (Å²) in [6, 6.07) is 3.33. The molecule has 0 radical (unpaired) electrons. The van der Waals surface area contributed by atoms with Crippen LogP contribution in [0.15, 0.2) is 12.1 Å². The number of halogens is 2. The highest BCUT2D eigenvalue weighted by Crippen LogP contribution is 2.35. The Bertz CT molecular complexity index is 752. The molecule has 132 valence electrons. The molecule has 4 N–H and O–H groups in total. The Labute approximate surface area is 148 Å². The monoisotopic (exact) mass is 375 g/mol. The number of imidazole rings is 1. The second-order valence-electron chi connectivity index (χ2n) is 6.13. The molecule has 0 unspecified atom stereocenters. The van der Waals surface area contributed by atoms with Gasteiger partial charge in [0.25, 0.3) is 0 Å².